The molecule has 1 saturated carbocycles. The van der Waals surface area contributed by atoms with Crippen LogP contribution in [0.2, 0.25) is 0 Å². The first-order valence-corrected chi connectivity index (χ1v) is 7.40. The van der Waals surface area contributed by atoms with Crippen LogP contribution in [0, 0.1) is 11.3 Å². The van der Waals surface area contributed by atoms with Gasteiger partial charge in [0.05, 0.1) is 0 Å². The van der Waals surface area contributed by atoms with Gasteiger partial charge in [-0.1, -0.05) is 20.8 Å². The van der Waals surface area contributed by atoms with Crippen LogP contribution >= 0.6 is 0 Å². The van der Waals surface area contributed by atoms with Gasteiger partial charge in [-0.15, -0.1) is 0 Å². The van der Waals surface area contributed by atoms with E-state index in [-0.39, 0.29) is 0 Å². The Morgan fingerprint density at radius 1 is 1.35 bits per heavy atom. The zero-order valence-electron chi connectivity index (χ0n) is 12.3. The van der Waals surface area contributed by atoms with Crippen molar-refractivity contribution in [2.75, 3.05) is 19.6 Å². The van der Waals surface area contributed by atoms with Gasteiger partial charge in [0.25, 0.3) is 0 Å². The van der Waals surface area contributed by atoms with Crippen LogP contribution in [0.3, 0.4) is 0 Å². The summed E-state index contributed by atoms with van der Waals surface area (Å²) in [5.41, 5.74) is 0.986. The molecule has 1 N–H and O–H groups in total. The van der Waals surface area contributed by atoms with Crippen LogP contribution in [0.4, 0.5) is 0 Å². The molecule has 1 aliphatic carbocycles. The van der Waals surface area contributed by atoms with E-state index < -0.39 is 0 Å². The molecule has 0 bridgehead atoms. The van der Waals surface area contributed by atoms with Gasteiger partial charge < -0.3 is 5.32 Å². The number of nitrogens with zero attached hydrogens (tertiary/aromatic N) is 1. The predicted molar refractivity (Wildman–Crippen MR) is 74.2 cm³/mol. The highest BCUT2D eigenvalue weighted by molar-refractivity contribution is 5.01. The average Bonchev–Trinajstić information content (AvgIpc) is 3.05. The van der Waals surface area contributed by atoms with Gasteiger partial charge in [-0.25, -0.2) is 0 Å². The highest BCUT2D eigenvalue weighted by Gasteiger charge is 2.48. The third-order valence-corrected chi connectivity index (χ3v) is 5.41. The van der Waals surface area contributed by atoms with Gasteiger partial charge in [0.15, 0.2) is 0 Å². The average molecular weight is 238 g/mol. The second kappa shape index (κ2) is 4.55. The molecule has 2 nitrogen and oxygen atoms in total. The van der Waals surface area contributed by atoms with Gasteiger partial charge in [0.1, 0.15) is 0 Å². The topological polar surface area (TPSA) is 15.3 Å². The molecule has 2 heteroatoms. The first-order valence-electron chi connectivity index (χ1n) is 7.40. The van der Waals surface area contributed by atoms with E-state index >= 15 is 0 Å². The van der Waals surface area contributed by atoms with Crippen LogP contribution in [0.1, 0.15) is 53.9 Å². The maximum Gasteiger partial charge on any atom is 0.0278 e. The normalized spacial score (nSPS) is 37.4. The summed E-state index contributed by atoms with van der Waals surface area (Å²) in [5, 5.41) is 3.72. The Bertz CT molecular complexity index is 270. The molecule has 1 heterocycles. The van der Waals surface area contributed by atoms with Crippen LogP contribution < -0.4 is 5.32 Å². The first-order chi connectivity index (χ1) is 7.91. The lowest BCUT2D eigenvalue weighted by atomic mass is 9.88. The third kappa shape index (κ3) is 2.68. The van der Waals surface area contributed by atoms with Gasteiger partial charge in [0.2, 0.25) is 0 Å². The molecule has 0 radical (unpaired) electrons. The summed E-state index contributed by atoms with van der Waals surface area (Å²) in [5.74, 6) is 0.845. The van der Waals surface area contributed by atoms with Gasteiger partial charge in [-0.05, 0) is 44.4 Å². The quantitative estimate of drug-likeness (QED) is 0.810. The van der Waals surface area contributed by atoms with Crippen molar-refractivity contribution in [2.24, 2.45) is 11.3 Å². The number of piperazine rings is 1. The van der Waals surface area contributed by atoms with Crippen LogP contribution in [-0.2, 0) is 0 Å². The third-order valence-electron chi connectivity index (χ3n) is 5.41. The van der Waals surface area contributed by atoms with E-state index in [9.17, 15) is 0 Å². The molecule has 0 aromatic heterocycles. The van der Waals surface area contributed by atoms with Crippen molar-refractivity contribution < 1.29 is 0 Å². The molecular formula is C15H30N2. The molecule has 100 valence electrons. The van der Waals surface area contributed by atoms with E-state index in [1.54, 1.807) is 0 Å². The molecule has 2 atom stereocenters. The molecule has 2 aliphatic rings. The largest absolute Gasteiger partial charge is 0.309 e. The van der Waals surface area contributed by atoms with E-state index in [0.717, 1.165) is 12.5 Å². The molecule has 0 aromatic carbocycles. The Labute approximate surface area is 107 Å². The SMILES string of the molecule is CCC1(C)CN(CC2(C(C)C)CC2)C(C)CN1. The van der Waals surface area contributed by atoms with Crippen molar-refractivity contribution in [3.05, 3.63) is 0 Å². The van der Waals surface area contributed by atoms with Crippen LogP contribution in [-0.4, -0.2) is 36.1 Å². The standard InChI is InChI=1S/C15H30N2/c1-6-14(5)10-17(13(4)9-16-14)11-15(7-8-15)12(2)3/h12-13,16H,6-11H2,1-5H3. The lowest BCUT2D eigenvalue weighted by Crippen LogP contribution is -2.62. The zero-order valence-corrected chi connectivity index (χ0v) is 12.3. The van der Waals surface area contributed by atoms with Gasteiger partial charge in [-0.2, -0.15) is 0 Å². The Kier molecular flexibility index (Phi) is 3.57. The smallest absolute Gasteiger partial charge is 0.0278 e. The van der Waals surface area contributed by atoms with E-state index in [1.165, 1.54) is 32.4 Å². The maximum atomic E-state index is 3.72. The summed E-state index contributed by atoms with van der Waals surface area (Å²) in [6.07, 6.45) is 4.12. The lowest BCUT2D eigenvalue weighted by molar-refractivity contribution is 0.0636. The van der Waals surface area contributed by atoms with Crippen LogP contribution in [0.5, 0.6) is 0 Å². The lowest BCUT2D eigenvalue weighted by Gasteiger charge is -2.46. The first kappa shape index (κ1) is 13.4. The number of rotatable bonds is 4. The molecule has 0 amide bonds. The van der Waals surface area contributed by atoms with Gasteiger partial charge >= 0.3 is 0 Å². The Hall–Kier alpha value is -0.0800. The van der Waals surface area contributed by atoms with Gasteiger partial charge in [0, 0.05) is 31.2 Å². The van der Waals surface area contributed by atoms with Crippen molar-refractivity contribution in [3.8, 4) is 0 Å². The van der Waals surface area contributed by atoms with Crippen molar-refractivity contribution in [1.29, 1.82) is 0 Å². The fraction of sp³-hybridized carbons (Fsp3) is 1.00. The van der Waals surface area contributed by atoms with Crippen molar-refractivity contribution in [3.63, 3.8) is 0 Å². The van der Waals surface area contributed by atoms with Crippen LogP contribution in [0.15, 0.2) is 0 Å². The summed E-state index contributed by atoms with van der Waals surface area (Å²) in [6.45, 7) is 15.6. The van der Waals surface area contributed by atoms with E-state index in [0.29, 0.717) is 17.0 Å². The molecule has 1 aliphatic heterocycles. The van der Waals surface area contributed by atoms with Crippen molar-refractivity contribution in [1.82, 2.24) is 10.2 Å². The monoisotopic (exact) mass is 238 g/mol. The van der Waals surface area contributed by atoms with Gasteiger partial charge in [-0.3, -0.25) is 4.90 Å². The Morgan fingerprint density at radius 2 is 2.00 bits per heavy atom. The van der Waals surface area contributed by atoms with E-state index in [2.05, 4.69) is 44.8 Å². The van der Waals surface area contributed by atoms with Crippen LogP contribution in [0.25, 0.3) is 0 Å². The molecule has 2 fully saturated rings. The molecular weight excluding hydrogens is 208 g/mol. The molecule has 1 saturated heterocycles. The van der Waals surface area contributed by atoms with Crippen molar-refractivity contribution in [2.45, 2.75) is 65.5 Å². The second-order valence-electron chi connectivity index (χ2n) is 7.07. The molecule has 0 spiro atoms. The molecule has 17 heavy (non-hydrogen) atoms. The minimum absolute atomic E-state index is 0.333. The summed E-state index contributed by atoms with van der Waals surface area (Å²) in [6, 6.07) is 0.700. The van der Waals surface area contributed by atoms with Crippen molar-refractivity contribution >= 4 is 0 Å². The minimum Gasteiger partial charge on any atom is -0.309 e. The summed E-state index contributed by atoms with van der Waals surface area (Å²) in [4.78, 5) is 2.74. The van der Waals surface area contributed by atoms with E-state index in [4.69, 9.17) is 0 Å². The molecule has 0 aromatic rings. The fourth-order valence-corrected chi connectivity index (χ4v) is 3.11. The summed E-state index contributed by atoms with van der Waals surface area (Å²) < 4.78 is 0. The number of hydrogen-bond acceptors (Lipinski definition) is 2. The Balaban J connectivity index is 1.99. The second-order valence-corrected chi connectivity index (χ2v) is 7.07. The zero-order chi connectivity index (χ0) is 12.7. The minimum atomic E-state index is 0.333. The highest BCUT2D eigenvalue weighted by Crippen LogP contribution is 2.52. The predicted octanol–water partition coefficient (Wildman–Crippen LogP) is 2.89. The number of hydrogen-bond donors (Lipinski definition) is 1. The maximum absolute atomic E-state index is 3.72. The summed E-state index contributed by atoms with van der Waals surface area (Å²) in [7, 11) is 0. The fourth-order valence-electron chi connectivity index (χ4n) is 3.11. The molecule has 2 unspecified atom stereocenters. The number of nitrogens with one attached hydrogen (secondary N) is 1. The summed E-state index contributed by atoms with van der Waals surface area (Å²) >= 11 is 0. The molecule has 2 rings (SSSR count). The Morgan fingerprint density at radius 3 is 2.47 bits per heavy atom. The highest BCUT2D eigenvalue weighted by atomic mass is 15.3. The van der Waals surface area contributed by atoms with E-state index in [1.807, 2.05) is 0 Å².